The number of nitrogens with one attached hydrogen (secondary N) is 1. The Morgan fingerprint density at radius 2 is 2.04 bits per heavy atom. The van der Waals surface area contributed by atoms with Gasteiger partial charge in [0.05, 0.1) is 13.2 Å². The zero-order chi connectivity index (χ0) is 18.2. The Balaban J connectivity index is 2.06. The Bertz CT molecular complexity index is 539. The quantitative estimate of drug-likeness (QED) is 0.792. The molecule has 5 nitrogen and oxygen atoms in total. The number of hydrogen-bond acceptors (Lipinski definition) is 3. The van der Waals surface area contributed by atoms with E-state index in [1.165, 1.54) is 0 Å². The van der Waals surface area contributed by atoms with E-state index < -0.39 is 0 Å². The van der Waals surface area contributed by atoms with E-state index in [1.54, 1.807) is 7.11 Å². The molecule has 0 aliphatic heterocycles. The van der Waals surface area contributed by atoms with E-state index in [4.69, 9.17) is 4.74 Å². The Hall–Kier alpha value is -1.75. The van der Waals surface area contributed by atoms with E-state index in [2.05, 4.69) is 19.2 Å². The number of rotatable bonds is 7. The second-order valence-corrected chi connectivity index (χ2v) is 7.36. The molecular weight excluding hydrogens is 316 g/mol. The van der Waals surface area contributed by atoms with Gasteiger partial charge >= 0.3 is 6.03 Å². The molecule has 2 rings (SSSR count). The van der Waals surface area contributed by atoms with Gasteiger partial charge in [0.15, 0.2) is 0 Å². The number of amides is 2. The van der Waals surface area contributed by atoms with E-state index >= 15 is 0 Å². The molecule has 5 heteroatoms. The van der Waals surface area contributed by atoms with E-state index in [9.17, 15) is 9.90 Å². The molecule has 1 saturated carbocycles. The number of methoxy groups -OCH3 is 1. The average Bonchev–Trinajstić information content (AvgIpc) is 2.60. The largest absolute Gasteiger partial charge is 0.497 e. The summed E-state index contributed by atoms with van der Waals surface area (Å²) in [5, 5.41) is 12.8. The topological polar surface area (TPSA) is 61.8 Å². The third-order valence-corrected chi connectivity index (χ3v) is 4.85. The Labute approximate surface area is 151 Å². The Morgan fingerprint density at radius 1 is 1.32 bits per heavy atom. The van der Waals surface area contributed by atoms with Gasteiger partial charge in [-0.3, -0.25) is 0 Å². The van der Waals surface area contributed by atoms with Gasteiger partial charge in [0.2, 0.25) is 0 Å². The van der Waals surface area contributed by atoms with Crippen LogP contribution in [0.2, 0.25) is 0 Å². The number of aliphatic hydroxyl groups is 1. The molecule has 2 amide bonds. The van der Waals surface area contributed by atoms with Crippen molar-refractivity contribution in [1.29, 1.82) is 0 Å². The maximum absolute atomic E-state index is 12.8. The van der Waals surface area contributed by atoms with Gasteiger partial charge in [0.25, 0.3) is 0 Å². The molecule has 25 heavy (non-hydrogen) atoms. The first kappa shape index (κ1) is 19.6. The number of aliphatic hydroxyl groups excluding tert-OH is 1. The molecule has 0 spiro atoms. The molecule has 140 valence electrons. The zero-order valence-electron chi connectivity index (χ0n) is 15.7. The van der Waals surface area contributed by atoms with Crippen LogP contribution in [-0.4, -0.2) is 41.8 Å². The van der Waals surface area contributed by atoms with Crippen LogP contribution in [0, 0.1) is 5.92 Å². The summed E-state index contributed by atoms with van der Waals surface area (Å²) in [5.41, 5.74) is 1.06. The van der Waals surface area contributed by atoms with Crippen LogP contribution in [0.25, 0.3) is 0 Å². The minimum atomic E-state index is -0.223. The Kier molecular flexibility index (Phi) is 7.56. The highest BCUT2D eigenvalue weighted by Gasteiger charge is 2.28. The van der Waals surface area contributed by atoms with Crippen LogP contribution in [0.5, 0.6) is 5.75 Å². The average molecular weight is 348 g/mol. The molecule has 2 N–H and O–H groups in total. The van der Waals surface area contributed by atoms with Crippen LogP contribution in [-0.2, 0) is 6.54 Å². The summed E-state index contributed by atoms with van der Waals surface area (Å²) in [5.74, 6) is 1.37. The van der Waals surface area contributed by atoms with Gasteiger partial charge in [0, 0.05) is 19.1 Å². The number of nitrogens with zero attached hydrogens (tertiary/aromatic N) is 1. The maximum atomic E-state index is 12.8. The molecule has 1 aliphatic carbocycles. The molecule has 0 atom stereocenters. The second kappa shape index (κ2) is 9.66. The summed E-state index contributed by atoms with van der Waals surface area (Å²) < 4.78 is 5.30. The molecule has 0 unspecified atom stereocenters. The lowest BCUT2D eigenvalue weighted by Crippen LogP contribution is -2.47. The molecule has 0 radical (unpaired) electrons. The molecule has 0 bridgehead atoms. The van der Waals surface area contributed by atoms with E-state index in [0.29, 0.717) is 19.0 Å². The lowest BCUT2D eigenvalue weighted by molar-refractivity contribution is 0.0817. The number of benzene rings is 1. The highest BCUT2D eigenvalue weighted by molar-refractivity contribution is 5.74. The zero-order valence-corrected chi connectivity index (χ0v) is 15.7. The van der Waals surface area contributed by atoms with Gasteiger partial charge in [-0.2, -0.15) is 0 Å². The molecule has 1 fully saturated rings. The third-order valence-electron chi connectivity index (χ3n) is 4.85. The van der Waals surface area contributed by atoms with Crippen molar-refractivity contribution in [2.45, 2.75) is 64.6 Å². The molecule has 1 aromatic rings. The molecule has 1 aliphatic rings. The SMILES string of the molecule is COc1cccc(CN(C(=O)NCCC(C)C)C2CCC(O)CC2)c1. The van der Waals surface area contributed by atoms with Crippen molar-refractivity contribution < 1.29 is 14.6 Å². The summed E-state index contributed by atoms with van der Waals surface area (Å²) in [4.78, 5) is 14.7. The molecule has 0 saturated heterocycles. The van der Waals surface area contributed by atoms with Crippen molar-refractivity contribution in [1.82, 2.24) is 10.2 Å². The van der Waals surface area contributed by atoms with Crippen LogP contribution in [0.4, 0.5) is 4.79 Å². The normalized spacial score (nSPS) is 20.4. The van der Waals surface area contributed by atoms with Crippen molar-refractivity contribution in [3.63, 3.8) is 0 Å². The van der Waals surface area contributed by atoms with Crippen LogP contribution >= 0.6 is 0 Å². The first-order chi connectivity index (χ1) is 12.0. The standard InChI is InChI=1S/C20H32N2O3/c1-15(2)11-12-21-20(24)22(17-7-9-18(23)10-8-17)14-16-5-4-6-19(13-16)25-3/h4-6,13,15,17-18,23H,7-12,14H2,1-3H3,(H,21,24). The van der Waals surface area contributed by atoms with E-state index in [0.717, 1.165) is 43.4 Å². The second-order valence-electron chi connectivity index (χ2n) is 7.36. The van der Waals surface area contributed by atoms with Crippen LogP contribution in [0.1, 0.15) is 51.5 Å². The first-order valence-corrected chi connectivity index (χ1v) is 9.35. The van der Waals surface area contributed by atoms with Crippen LogP contribution in [0.15, 0.2) is 24.3 Å². The number of urea groups is 1. The summed E-state index contributed by atoms with van der Waals surface area (Å²) in [6.07, 6.45) is 3.98. The highest BCUT2D eigenvalue weighted by atomic mass is 16.5. The monoisotopic (exact) mass is 348 g/mol. The lowest BCUT2D eigenvalue weighted by atomic mass is 9.92. The van der Waals surface area contributed by atoms with Gasteiger partial charge in [-0.15, -0.1) is 0 Å². The van der Waals surface area contributed by atoms with Gasteiger partial charge in [-0.1, -0.05) is 26.0 Å². The molecule has 0 aromatic heterocycles. The summed E-state index contributed by atoms with van der Waals surface area (Å²) >= 11 is 0. The van der Waals surface area contributed by atoms with Crippen molar-refractivity contribution in [2.24, 2.45) is 5.92 Å². The smallest absolute Gasteiger partial charge is 0.317 e. The van der Waals surface area contributed by atoms with Crippen LogP contribution in [0.3, 0.4) is 0 Å². The fourth-order valence-electron chi connectivity index (χ4n) is 3.27. The predicted octanol–water partition coefficient (Wildman–Crippen LogP) is 3.56. The summed E-state index contributed by atoms with van der Waals surface area (Å²) in [7, 11) is 1.65. The van der Waals surface area contributed by atoms with Crippen LogP contribution < -0.4 is 10.1 Å². The summed E-state index contributed by atoms with van der Waals surface area (Å²) in [6.45, 7) is 5.57. The number of carbonyl (C=O) groups is 1. The van der Waals surface area contributed by atoms with Crippen molar-refractivity contribution in [3.05, 3.63) is 29.8 Å². The first-order valence-electron chi connectivity index (χ1n) is 9.35. The van der Waals surface area contributed by atoms with Gasteiger partial charge in [-0.05, 0) is 55.7 Å². The number of hydrogen-bond donors (Lipinski definition) is 2. The van der Waals surface area contributed by atoms with E-state index in [-0.39, 0.29) is 18.2 Å². The predicted molar refractivity (Wildman–Crippen MR) is 99.7 cm³/mol. The highest BCUT2D eigenvalue weighted by Crippen LogP contribution is 2.25. The minimum Gasteiger partial charge on any atom is -0.497 e. The lowest BCUT2D eigenvalue weighted by Gasteiger charge is -2.36. The minimum absolute atomic E-state index is 0.00939. The fraction of sp³-hybridized carbons (Fsp3) is 0.650. The fourth-order valence-corrected chi connectivity index (χ4v) is 3.27. The molecular formula is C20H32N2O3. The summed E-state index contributed by atoms with van der Waals surface area (Å²) in [6, 6.07) is 8.03. The van der Waals surface area contributed by atoms with Gasteiger partial charge in [0.1, 0.15) is 5.75 Å². The molecule has 1 aromatic carbocycles. The van der Waals surface area contributed by atoms with Gasteiger partial charge in [-0.25, -0.2) is 4.79 Å². The number of ether oxygens (including phenoxy) is 1. The number of carbonyl (C=O) groups excluding carboxylic acids is 1. The van der Waals surface area contributed by atoms with E-state index in [1.807, 2.05) is 29.2 Å². The maximum Gasteiger partial charge on any atom is 0.317 e. The van der Waals surface area contributed by atoms with Crippen molar-refractivity contribution in [3.8, 4) is 5.75 Å². The third kappa shape index (κ3) is 6.24. The molecule has 0 heterocycles. The Morgan fingerprint density at radius 3 is 2.68 bits per heavy atom. The van der Waals surface area contributed by atoms with Gasteiger partial charge < -0.3 is 20.1 Å². The van der Waals surface area contributed by atoms with Crippen molar-refractivity contribution in [2.75, 3.05) is 13.7 Å². The van der Waals surface area contributed by atoms with Crippen molar-refractivity contribution >= 4 is 6.03 Å².